The van der Waals surface area contributed by atoms with E-state index >= 15 is 0 Å². The maximum Gasteiger partial charge on any atom is 0.261 e. The van der Waals surface area contributed by atoms with Gasteiger partial charge in [0.1, 0.15) is 6.17 Å². The molecule has 0 saturated carbocycles. The molecule has 0 bridgehead atoms. The van der Waals surface area contributed by atoms with Crippen LogP contribution in [-0.4, -0.2) is 28.9 Å². The maximum atomic E-state index is 14.0. The van der Waals surface area contributed by atoms with Crippen LogP contribution in [0.1, 0.15) is 33.3 Å². The van der Waals surface area contributed by atoms with E-state index in [0.717, 1.165) is 59.3 Å². The van der Waals surface area contributed by atoms with Crippen molar-refractivity contribution in [1.82, 2.24) is 9.88 Å². The minimum atomic E-state index is -0.186. The Bertz CT molecular complexity index is 1370. The predicted octanol–water partition coefficient (Wildman–Crippen LogP) is 6.30. The lowest BCUT2D eigenvalue weighted by molar-refractivity contribution is 0.0955. The second-order valence-corrected chi connectivity index (χ2v) is 9.43. The molecule has 6 rings (SSSR count). The van der Waals surface area contributed by atoms with Crippen molar-refractivity contribution in [3.05, 3.63) is 105 Å². The summed E-state index contributed by atoms with van der Waals surface area (Å²) in [7, 11) is 0. The van der Waals surface area contributed by atoms with E-state index in [2.05, 4.69) is 29.2 Å². The summed E-state index contributed by atoms with van der Waals surface area (Å²) in [5.41, 5.74) is 5.67. The van der Waals surface area contributed by atoms with Crippen molar-refractivity contribution in [3.63, 3.8) is 0 Å². The first kappa shape index (κ1) is 20.7. The number of benzene rings is 3. The summed E-state index contributed by atoms with van der Waals surface area (Å²) in [5, 5.41) is 2.13. The molecular formula is C27H21Cl2N3O. The molecule has 0 spiro atoms. The van der Waals surface area contributed by atoms with Gasteiger partial charge in [0.15, 0.2) is 0 Å². The van der Waals surface area contributed by atoms with Gasteiger partial charge < -0.3 is 0 Å². The van der Waals surface area contributed by atoms with Gasteiger partial charge in [-0.3, -0.25) is 19.6 Å². The van der Waals surface area contributed by atoms with E-state index in [0.29, 0.717) is 10.0 Å². The Hall–Kier alpha value is -2.92. The van der Waals surface area contributed by atoms with E-state index in [9.17, 15) is 4.79 Å². The molecule has 4 aromatic rings. The topological polar surface area (TPSA) is 36.4 Å². The van der Waals surface area contributed by atoms with Gasteiger partial charge in [0.25, 0.3) is 5.91 Å². The van der Waals surface area contributed by atoms with Crippen LogP contribution >= 0.6 is 23.2 Å². The van der Waals surface area contributed by atoms with E-state index in [-0.39, 0.29) is 12.1 Å². The van der Waals surface area contributed by atoms with E-state index < -0.39 is 0 Å². The number of hydrogen-bond donors (Lipinski definition) is 0. The summed E-state index contributed by atoms with van der Waals surface area (Å²) in [5.74, 6) is -0.0000870. The van der Waals surface area contributed by atoms with Crippen molar-refractivity contribution in [3.8, 4) is 0 Å². The molecule has 164 valence electrons. The van der Waals surface area contributed by atoms with Gasteiger partial charge in [-0.15, -0.1) is 0 Å². The van der Waals surface area contributed by atoms with Crippen LogP contribution < -0.4 is 4.90 Å². The zero-order valence-corrected chi connectivity index (χ0v) is 19.4. The molecule has 33 heavy (non-hydrogen) atoms. The molecule has 3 heterocycles. The van der Waals surface area contributed by atoms with Crippen LogP contribution in [-0.2, 0) is 12.8 Å². The van der Waals surface area contributed by atoms with Gasteiger partial charge in [0, 0.05) is 51.9 Å². The standard InChI is InChI=1S/C27H21Cl2N3O/c28-18-6-9-20(10-7-18)32-26-25-22(13-15-31(26)14-12-17-4-2-1-3-5-17)30-23-16-19(29)8-11-21(23)24(25)27(32)33/h1-11,16,26H,12-15H2. The van der Waals surface area contributed by atoms with Crippen LogP contribution in [0.2, 0.25) is 10.0 Å². The van der Waals surface area contributed by atoms with Gasteiger partial charge in [0.05, 0.1) is 11.1 Å². The monoisotopic (exact) mass is 473 g/mol. The minimum Gasteiger partial charge on any atom is -0.288 e. The van der Waals surface area contributed by atoms with Crippen molar-refractivity contribution in [1.29, 1.82) is 0 Å². The zero-order chi connectivity index (χ0) is 22.5. The lowest BCUT2D eigenvalue weighted by Gasteiger charge is -2.39. The number of nitrogens with zero attached hydrogens (tertiary/aromatic N) is 3. The third kappa shape index (κ3) is 3.50. The third-order valence-corrected chi connectivity index (χ3v) is 7.10. The number of halogens is 2. The Morgan fingerprint density at radius 3 is 2.48 bits per heavy atom. The Morgan fingerprint density at radius 1 is 0.939 bits per heavy atom. The van der Waals surface area contributed by atoms with Gasteiger partial charge in [-0.05, 0) is 48.4 Å². The fourth-order valence-corrected chi connectivity index (χ4v) is 5.39. The van der Waals surface area contributed by atoms with Gasteiger partial charge in [0.2, 0.25) is 0 Å². The molecule has 0 N–H and O–H groups in total. The molecule has 0 radical (unpaired) electrons. The molecule has 1 atom stereocenters. The predicted molar refractivity (Wildman–Crippen MR) is 133 cm³/mol. The number of aromatic nitrogens is 1. The van der Waals surface area contributed by atoms with E-state index in [1.807, 2.05) is 53.4 Å². The van der Waals surface area contributed by atoms with Crippen LogP contribution in [0.25, 0.3) is 10.9 Å². The molecular weight excluding hydrogens is 453 g/mol. The lowest BCUT2D eigenvalue weighted by Crippen LogP contribution is -2.44. The largest absolute Gasteiger partial charge is 0.288 e. The van der Waals surface area contributed by atoms with E-state index in [1.54, 1.807) is 0 Å². The van der Waals surface area contributed by atoms with E-state index in [4.69, 9.17) is 28.2 Å². The minimum absolute atomic E-state index is 0.0000870. The lowest BCUT2D eigenvalue weighted by atomic mass is 9.96. The quantitative estimate of drug-likeness (QED) is 0.348. The van der Waals surface area contributed by atoms with Crippen LogP contribution in [0.3, 0.4) is 0 Å². The summed E-state index contributed by atoms with van der Waals surface area (Å²) in [4.78, 5) is 23.2. The Labute approximate surface area is 202 Å². The van der Waals surface area contributed by atoms with Crippen LogP contribution in [0.5, 0.6) is 0 Å². The first-order chi connectivity index (χ1) is 16.1. The Balaban J connectivity index is 1.49. The number of amides is 1. The summed E-state index contributed by atoms with van der Waals surface area (Å²) in [6, 6.07) is 23.6. The van der Waals surface area contributed by atoms with Gasteiger partial charge in [-0.2, -0.15) is 0 Å². The molecule has 6 heteroatoms. The highest BCUT2D eigenvalue weighted by atomic mass is 35.5. The molecule has 1 aromatic heterocycles. The molecule has 0 saturated heterocycles. The Kier molecular flexibility index (Phi) is 5.10. The smallest absolute Gasteiger partial charge is 0.261 e. The van der Waals surface area contributed by atoms with Gasteiger partial charge in [-0.1, -0.05) is 59.6 Å². The number of anilines is 1. The molecule has 4 nitrogen and oxygen atoms in total. The second kappa shape index (κ2) is 8.14. The molecule has 1 amide bonds. The average Bonchev–Trinajstić information content (AvgIpc) is 3.14. The molecule has 3 aromatic carbocycles. The molecule has 2 aliphatic heterocycles. The van der Waals surface area contributed by atoms with Crippen LogP contribution in [0.15, 0.2) is 72.8 Å². The number of rotatable bonds is 4. The van der Waals surface area contributed by atoms with Crippen molar-refractivity contribution in [2.24, 2.45) is 0 Å². The number of pyridine rings is 1. The molecule has 0 fully saturated rings. The Morgan fingerprint density at radius 2 is 1.70 bits per heavy atom. The fourth-order valence-electron chi connectivity index (χ4n) is 5.09. The van der Waals surface area contributed by atoms with Crippen molar-refractivity contribution >= 4 is 45.7 Å². The highest BCUT2D eigenvalue weighted by Gasteiger charge is 2.46. The molecule has 1 unspecified atom stereocenters. The summed E-state index contributed by atoms with van der Waals surface area (Å²) < 4.78 is 0. The van der Waals surface area contributed by atoms with Crippen LogP contribution in [0, 0.1) is 0 Å². The average molecular weight is 474 g/mol. The van der Waals surface area contributed by atoms with Crippen LogP contribution in [0.4, 0.5) is 5.69 Å². The normalized spacial score (nSPS) is 17.6. The summed E-state index contributed by atoms with van der Waals surface area (Å²) >= 11 is 12.4. The summed E-state index contributed by atoms with van der Waals surface area (Å²) in [6.07, 6.45) is 1.53. The zero-order valence-electron chi connectivity index (χ0n) is 17.8. The first-order valence-corrected chi connectivity index (χ1v) is 11.8. The van der Waals surface area contributed by atoms with Crippen molar-refractivity contribution in [2.75, 3.05) is 18.0 Å². The van der Waals surface area contributed by atoms with Gasteiger partial charge in [-0.25, -0.2) is 0 Å². The fraction of sp³-hybridized carbons (Fsp3) is 0.185. The summed E-state index contributed by atoms with van der Waals surface area (Å²) in [6.45, 7) is 1.68. The molecule has 2 aliphatic rings. The highest BCUT2D eigenvalue weighted by molar-refractivity contribution is 6.31. The number of hydrogen-bond acceptors (Lipinski definition) is 3. The van der Waals surface area contributed by atoms with Gasteiger partial charge >= 0.3 is 0 Å². The highest BCUT2D eigenvalue weighted by Crippen LogP contribution is 2.46. The number of fused-ring (bicyclic) bond motifs is 2. The van der Waals surface area contributed by atoms with Crippen molar-refractivity contribution in [2.45, 2.75) is 19.0 Å². The first-order valence-electron chi connectivity index (χ1n) is 11.1. The molecule has 0 aliphatic carbocycles. The number of carbonyl (C=O) groups is 1. The third-order valence-electron chi connectivity index (χ3n) is 6.62. The maximum absolute atomic E-state index is 14.0. The van der Waals surface area contributed by atoms with E-state index in [1.165, 1.54) is 5.56 Å². The van der Waals surface area contributed by atoms with Crippen molar-refractivity contribution < 1.29 is 4.79 Å². The SMILES string of the molecule is O=C1c2c3c(nc4cc(Cl)ccc24)CCN(CCc2ccccc2)C3N1c1ccc(Cl)cc1. The second-order valence-electron chi connectivity index (χ2n) is 8.56. The number of carbonyl (C=O) groups excluding carboxylic acids is 1.